The number of aliphatic hydroxyl groups is 1. The minimum absolute atomic E-state index is 0.383. The third kappa shape index (κ3) is 19.0. The van der Waals surface area contributed by atoms with Gasteiger partial charge in [0.05, 0.1) is 12.7 Å². The van der Waals surface area contributed by atoms with Gasteiger partial charge < -0.3 is 15.1 Å². The Morgan fingerprint density at radius 2 is 1.16 bits per heavy atom. The average molecular weight is 480 g/mol. The maximum Gasteiger partial charge on any atom is 0.404 e. The van der Waals surface area contributed by atoms with Crippen LogP contribution >= 0.6 is 7.75 Å². The van der Waals surface area contributed by atoms with Crippen molar-refractivity contribution in [3.05, 3.63) is 0 Å². The number of carboxylic acids is 1. The lowest BCUT2D eigenvalue weighted by molar-refractivity contribution is -0.140. The van der Waals surface area contributed by atoms with Crippen molar-refractivity contribution in [3.8, 4) is 0 Å². The van der Waals surface area contributed by atoms with Gasteiger partial charge in [-0.1, -0.05) is 117 Å². The number of carbonyl (C=O) groups is 1. The maximum atomic E-state index is 12.4. The quantitative estimate of drug-likeness (QED) is 0.0914. The van der Waals surface area contributed by atoms with Gasteiger partial charge in [-0.05, 0) is 12.8 Å². The van der Waals surface area contributed by atoms with Gasteiger partial charge in [-0.3, -0.25) is 9.32 Å². The first-order valence-corrected chi connectivity index (χ1v) is 14.6. The number of hydrogen-bond acceptors (Lipinski definition) is 4. The van der Waals surface area contributed by atoms with Crippen molar-refractivity contribution in [2.75, 3.05) is 6.61 Å². The third-order valence-corrected chi connectivity index (χ3v) is 7.07. The largest absolute Gasteiger partial charge is 0.480 e. The molecule has 0 amide bonds. The average Bonchev–Trinajstić information content (AvgIpc) is 2.75. The van der Waals surface area contributed by atoms with E-state index in [0.29, 0.717) is 12.8 Å². The summed E-state index contributed by atoms with van der Waals surface area (Å²) in [6.07, 6.45) is 20.2. The van der Waals surface area contributed by atoms with Crippen LogP contribution in [-0.4, -0.2) is 39.8 Å². The summed E-state index contributed by atoms with van der Waals surface area (Å²) in [5, 5.41) is 20.1. The molecule has 3 atom stereocenters. The van der Waals surface area contributed by atoms with Crippen LogP contribution in [0.15, 0.2) is 0 Å². The predicted octanol–water partition coefficient (Wildman–Crippen LogP) is 6.57. The molecule has 192 valence electrons. The lowest BCUT2D eigenvalue weighted by atomic mass is 10.0. The van der Waals surface area contributed by atoms with Crippen LogP contribution in [0.4, 0.5) is 0 Å². The fourth-order valence-electron chi connectivity index (χ4n) is 3.87. The van der Waals surface area contributed by atoms with Gasteiger partial charge in [0.25, 0.3) is 0 Å². The summed E-state index contributed by atoms with van der Waals surface area (Å²) in [5.41, 5.74) is 0. The van der Waals surface area contributed by atoms with E-state index in [9.17, 15) is 14.3 Å². The van der Waals surface area contributed by atoms with Crippen LogP contribution in [0.5, 0.6) is 0 Å². The minimum atomic E-state index is -4.31. The van der Waals surface area contributed by atoms with Crippen LogP contribution in [-0.2, 0) is 13.9 Å². The number of nitrogens with one attached hydrogen (secondary N) is 1. The van der Waals surface area contributed by atoms with Gasteiger partial charge in [-0.25, -0.2) is 9.65 Å². The zero-order valence-corrected chi connectivity index (χ0v) is 21.5. The van der Waals surface area contributed by atoms with Crippen LogP contribution in [0.2, 0.25) is 0 Å². The van der Waals surface area contributed by atoms with Crippen LogP contribution in [0, 0.1) is 0 Å². The van der Waals surface area contributed by atoms with Crippen LogP contribution in [0.1, 0.15) is 129 Å². The Bertz CT molecular complexity index is 491. The highest BCUT2D eigenvalue weighted by atomic mass is 31.2. The molecule has 0 aliphatic heterocycles. The van der Waals surface area contributed by atoms with Crippen molar-refractivity contribution < 1.29 is 29.0 Å². The Balaban J connectivity index is 4.19. The molecule has 0 fully saturated rings. The van der Waals surface area contributed by atoms with E-state index in [0.717, 1.165) is 38.5 Å². The highest BCUT2D eigenvalue weighted by Gasteiger charge is 2.31. The van der Waals surface area contributed by atoms with Gasteiger partial charge in [0, 0.05) is 0 Å². The van der Waals surface area contributed by atoms with E-state index in [-0.39, 0.29) is 6.10 Å². The SMILES string of the molecule is CCCCCCCCCCCCCCC(CCCCCC)OP(=O)(O)N[C@@H](CO)C(=O)O. The van der Waals surface area contributed by atoms with Gasteiger partial charge in [0.1, 0.15) is 6.04 Å². The Morgan fingerprint density at radius 3 is 1.53 bits per heavy atom. The highest BCUT2D eigenvalue weighted by Crippen LogP contribution is 2.41. The summed E-state index contributed by atoms with van der Waals surface area (Å²) in [6.45, 7) is 3.60. The second-order valence-electron chi connectivity index (χ2n) is 8.98. The Morgan fingerprint density at radius 1 is 0.781 bits per heavy atom. The van der Waals surface area contributed by atoms with Crippen molar-refractivity contribution in [2.45, 2.75) is 142 Å². The van der Waals surface area contributed by atoms with Gasteiger partial charge >= 0.3 is 13.7 Å². The first kappa shape index (κ1) is 31.5. The summed E-state index contributed by atoms with van der Waals surface area (Å²) in [7, 11) is -4.31. The van der Waals surface area contributed by atoms with E-state index in [4.69, 9.17) is 14.7 Å². The molecule has 0 spiro atoms. The monoisotopic (exact) mass is 479 g/mol. The van der Waals surface area contributed by atoms with Gasteiger partial charge in [0.15, 0.2) is 0 Å². The Kier molecular flexibility index (Phi) is 20.8. The lowest BCUT2D eigenvalue weighted by Crippen LogP contribution is -2.38. The second-order valence-corrected chi connectivity index (χ2v) is 10.5. The molecule has 4 N–H and O–H groups in total. The molecule has 7 nitrogen and oxygen atoms in total. The van der Waals surface area contributed by atoms with Crippen molar-refractivity contribution in [2.24, 2.45) is 0 Å². The number of aliphatic carboxylic acids is 1. The minimum Gasteiger partial charge on any atom is -0.480 e. The summed E-state index contributed by atoms with van der Waals surface area (Å²) in [5.74, 6) is -1.38. The van der Waals surface area contributed by atoms with E-state index >= 15 is 0 Å². The first-order valence-electron chi connectivity index (χ1n) is 13.0. The van der Waals surface area contributed by atoms with Crippen molar-refractivity contribution >= 4 is 13.7 Å². The zero-order valence-electron chi connectivity index (χ0n) is 20.6. The van der Waals surface area contributed by atoms with Gasteiger partial charge in [0.2, 0.25) is 0 Å². The van der Waals surface area contributed by atoms with Crippen LogP contribution in [0.25, 0.3) is 0 Å². The summed E-state index contributed by atoms with van der Waals surface area (Å²) in [4.78, 5) is 21.1. The Labute approximate surface area is 196 Å². The third-order valence-electron chi connectivity index (χ3n) is 5.85. The molecule has 0 saturated carbocycles. The van der Waals surface area contributed by atoms with E-state index in [2.05, 4.69) is 18.9 Å². The normalized spacial score (nSPS) is 15.4. The number of rotatable bonds is 24. The number of unbranched alkanes of at least 4 members (excludes halogenated alkanes) is 14. The topological polar surface area (TPSA) is 116 Å². The molecular weight excluding hydrogens is 429 g/mol. The van der Waals surface area contributed by atoms with Crippen LogP contribution in [0.3, 0.4) is 0 Å². The van der Waals surface area contributed by atoms with E-state index in [1.165, 1.54) is 64.2 Å². The second kappa shape index (κ2) is 21.1. The molecule has 0 aliphatic rings. The fourth-order valence-corrected chi connectivity index (χ4v) is 5.13. The number of carboxylic acid groups (broad SMARTS) is 1. The molecule has 2 unspecified atom stereocenters. The van der Waals surface area contributed by atoms with E-state index in [1.807, 2.05) is 0 Å². The molecule has 0 bridgehead atoms. The highest BCUT2D eigenvalue weighted by molar-refractivity contribution is 7.50. The molecule has 0 aromatic heterocycles. The molecule has 0 aromatic carbocycles. The summed E-state index contributed by atoms with van der Waals surface area (Å²) >= 11 is 0. The molecule has 0 rings (SSSR count). The van der Waals surface area contributed by atoms with Gasteiger partial charge in [-0.2, -0.15) is 0 Å². The first-order chi connectivity index (χ1) is 15.4. The standard InChI is InChI=1S/C24H50NO6P/c1-3-5-7-9-10-11-12-13-14-15-16-18-20-22(19-17-8-6-4-2)31-32(29,30)25-23(21-26)24(27)28/h22-23,26H,3-21H2,1-2H3,(H,27,28)(H2,25,29,30)/t22?,23-/m0/s1. The molecule has 0 saturated heterocycles. The molecule has 32 heavy (non-hydrogen) atoms. The molecule has 0 radical (unpaired) electrons. The fraction of sp³-hybridized carbons (Fsp3) is 0.958. The van der Waals surface area contributed by atoms with Crippen molar-refractivity contribution in [1.29, 1.82) is 0 Å². The predicted molar refractivity (Wildman–Crippen MR) is 131 cm³/mol. The van der Waals surface area contributed by atoms with Crippen molar-refractivity contribution in [3.63, 3.8) is 0 Å². The molecule has 0 aliphatic carbocycles. The zero-order chi connectivity index (χ0) is 24.1. The molecule has 0 aromatic rings. The van der Waals surface area contributed by atoms with Crippen LogP contribution < -0.4 is 5.09 Å². The maximum absolute atomic E-state index is 12.4. The molecule has 0 heterocycles. The van der Waals surface area contributed by atoms with E-state index < -0.39 is 26.4 Å². The number of hydrogen-bond donors (Lipinski definition) is 4. The summed E-state index contributed by atoms with van der Waals surface area (Å²) in [6, 6.07) is -1.52. The lowest BCUT2D eigenvalue weighted by Gasteiger charge is -2.23. The number of aliphatic hydroxyl groups excluding tert-OH is 1. The van der Waals surface area contributed by atoms with E-state index in [1.54, 1.807) is 0 Å². The van der Waals surface area contributed by atoms with Gasteiger partial charge in [-0.15, -0.1) is 0 Å². The van der Waals surface area contributed by atoms with Crippen molar-refractivity contribution in [1.82, 2.24) is 5.09 Å². The Hall–Kier alpha value is -0.460. The molecule has 8 heteroatoms. The summed E-state index contributed by atoms with van der Waals surface area (Å²) < 4.78 is 17.8. The molecular formula is C24H50NO6P. The smallest absolute Gasteiger partial charge is 0.404 e.